The van der Waals surface area contributed by atoms with Crippen LogP contribution in [0, 0.1) is 0 Å². The van der Waals surface area contributed by atoms with Crippen molar-refractivity contribution in [2.24, 2.45) is 0 Å². The molecule has 2 rings (SSSR count). The molecule has 0 fully saturated rings. The Kier molecular flexibility index (Phi) is 5.13. The highest BCUT2D eigenvalue weighted by Crippen LogP contribution is 2.23. The van der Waals surface area contributed by atoms with E-state index >= 15 is 0 Å². The summed E-state index contributed by atoms with van der Waals surface area (Å²) in [5.74, 6) is -0.874. The third-order valence-electron chi connectivity index (χ3n) is 2.89. The molecule has 2 N–H and O–H groups in total. The van der Waals surface area contributed by atoms with Gasteiger partial charge in [0.2, 0.25) is 0 Å². The Bertz CT molecular complexity index is 554. The lowest BCUT2D eigenvalue weighted by Gasteiger charge is -2.08. The molecule has 0 aliphatic heterocycles. The molecule has 0 saturated carbocycles. The summed E-state index contributed by atoms with van der Waals surface area (Å²) in [5.41, 5.74) is 1.55. The van der Waals surface area contributed by atoms with Gasteiger partial charge in [-0.05, 0) is 42.4 Å². The highest BCUT2D eigenvalue weighted by molar-refractivity contribution is 6.04. The summed E-state index contributed by atoms with van der Waals surface area (Å²) in [6.45, 7) is 0.885. The Balaban J connectivity index is 0.00000162. The maximum absolute atomic E-state index is 11.1. The Labute approximate surface area is 112 Å². The third kappa shape index (κ3) is 2.81. The van der Waals surface area contributed by atoms with Gasteiger partial charge in [-0.15, -0.1) is 12.4 Å². The molecule has 0 aliphatic rings. The third-order valence-corrected chi connectivity index (χ3v) is 2.89. The number of fused-ring (bicyclic) bond motifs is 1. The molecule has 0 bridgehead atoms. The van der Waals surface area contributed by atoms with Crippen molar-refractivity contribution in [3.63, 3.8) is 0 Å². The van der Waals surface area contributed by atoms with Crippen LogP contribution in [0.1, 0.15) is 15.9 Å². The van der Waals surface area contributed by atoms with Crippen molar-refractivity contribution < 1.29 is 9.90 Å². The summed E-state index contributed by atoms with van der Waals surface area (Å²) in [5, 5.41) is 14.1. The van der Waals surface area contributed by atoms with E-state index in [0.29, 0.717) is 5.56 Å². The van der Waals surface area contributed by atoms with Crippen molar-refractivity contribution in [2.45, 2.75) is 6.42 Å². The molecule has 2 aromatic rings. The Morgan fingerprint density at radius 3 is 2.44 bits per heavy atom. The van der Waals surface area contributed by atoms with Gasteiger partial charge in [-0.3, -0.25) is 0 Å². The van der Waals surface area contributed by atoms with E-state index in [1.807, 2.05) is 37.4 Å². The molecule has 0 aliphatic carbocycles. The fourth-order valence-electron chi connectivity index (χ4n) is 2.03. The van der Waals surface area contributed by atoms with E-state index in [-0.39, 0.29) is 12.4 Å². The number of carbonyl (C=O) groups is 1. The molecule has 18 heavy (non-hydrogen) atoms. The van der Waals surface area contributed by atoms with Gasteiger partial charge in [-0.1, -0.05) is 30.3 Å². The molecular formula is C14H16ClNO2. The lowest BCUT2D eigenvalue weighted by Crippen LogP contribution is -2.11. The van der Waals surface area contributed by atoms with Gasteiger partial charge in [0, 0.05) is 0 Å². The van der Waals surface area contributed by atoms with Crippen LogP contribution < -0.4 is 5.32 Å². The average Bonchev–Trinajstić information content (AvgIpc) is 2.35. The fourth-order valence-corrected chi connectivity index (χ4v) is 2.03. The zero-order valence-corrected chi connectivity index (χ0v) is 11.0. The minimum Gasteiger partial charge on any atom is -0.478 e. The van der Waals surface area contributed by atoms with Crippen molar-refractivity contribution in [2.75, 3.05) is 13.6 Å². The monoisotopic (exact) mass is 265 g/mol. The van der Waals surface area contributed by atoms with Gasteiger partial charge in [0.25, 0.3) is 0 Å². The van der Waals surface area contributed by atoms with Crippen LogP contribution in [-0.2, 0) is 6.42 Å². The number of carboxylic acids is 1. The largest absolute Gasteiger partial charge is 0.478 e. The second kappa shape index (κ2) is 6.38. The first kappa shape index (κ1) is 14.5. The van der Waals surface area contributed by atoms with E-state index < -0.39 is 5.97 Å². The fraction of sp³-hybridized carbons (Fsp3) is 0.214. The summed E-state index contributed by atoms with van der Waals surface area (Å²) in [6, 6.07) is 11.3. The van der Waals surface area contributed by atoms with Gasteiger partial charge >= 0.3 is 5.97 Å². The molecule has 0 spiro atoms. The minimum absolute atomic E-state index is 0. The number of carboxylic acid groups (broad SMARTS) is 1. The average molecular weight is 266 g/mol. The van der Waals surface area contributed by atoms with Crippen LogP contribution in [0.5, 0.6) is 0 Å². The zero-order chi connectivity index (χ0) is 12.3. The lowest BCUT2D eigenvalue weighted by atomic mass is 9.98. The maximum atomic E-state index is 11.1. The topological polar surface area (TPSA) is 49.3 Å². The molecule has 0 saturated heterocycles. The van der Waals surface area contributed by atoms with Crippen LogP contribution in [0.3, 0.4) is 0 Å². The predicted molar refractivity (Wildman–Crippen MR) is 75.8 cm³/mol. The van der Waals surface area contributed by atoms with Crippen LogP contribution in [0.2, 0.25) is 0 Å². The first-order valence-electron chi connectivity index (χ1n) is 5.62. The smallest absolute Gasteiger partial charge is 0.336 e. The second-order valence-corrected chi connectivity index (χ2v) is 3.98. The molecule has 96 valence electrons. The van der Waals surface area contributed by atoms with E-state index in [9.17, 15) is 4.79 Å². The highest BCUT2D eigenvalue weighted by atomic mass is 35.5. The number of nitrogens with one attached hydrogen (secondary N) is 1. The minimum atomic E-state index is -0.874. The van der Waals surface area contributed by atoms with Gasteiger partial charge < -0.3 is 10.4 Å². The van der Waals surface area contributed by atoms with E-state index in [2.05, 4.69) is 5.32 Å². The maximum Gasteiger partial charge on any atom is 0.336 e. The Morgan fingerprint density at radius 1 is 1.17 bits per heavy atom. The zero-order valence-electron chi connectivity index (χ0n) is 10.1. The molecule has 0 atom stereocenters. The Morgan fingerprint density at radius 2 is 1.83 bits per heavy atom. The number of hydrogen-bond acceptors (Lipinski definition) is 2. The van der Waals surface area contributed by atoms with Crippen molar-refractivity contribution in [3.8, 4) is 0 Å². The molecule has 3 nitrogen and oxygen atoms in total. The predicted octanol–water partition coefficient (Wildman–Crippen LogP) is 2.72. The van der Waals surface area contributed by atoms with Gasteiger partial charge in [0.15, 0.2) is 0 Å². The molecule has 4 heteroatoms. The van der Waals surface area contributed by atoms with Crippen LogP contribution in [0.4, 0.5) is 0 Å². The molecular weight excluding hydrogens is 250 g/mol. The molecule has 0 radical (unpaired) electrons. The summed E-state index contributed by atoms with van der Waals surface area (Å²) >= 11 is 0. The van der Waals surface area contributed by atoms with Crippen molar-refractivity contribution >= 4 is 29.1 Å². The van der Waals surface area contributed by atoms with Gasteiger partial charge in [-0.25, -0.2) is 4.79 Å². The summed E-state index contributed by atoms with van der Waals surface area (Å²) in [7, 11) is 1.91. The van der Waals surface area contributed by atoms with Crippen LogP contribution >= 0.6 is 12.4 Å². The summed E-state index contributed by atoms with van der Waals surface area (Å²) in [6.07, 6.45) is 0.900. The number of hydrogen-bond donors (Lipinski definition) is 2. The van der Waals surface area contributed by atoms with Crippen molar-refractivity contribution in [1.29, 1.82) is 0 Å². The van der Waals surface area contributed by atoms with E-state index in [4.69, 9.17) is 5.11 Å². The molecule has 0 amide bonds. The van der Waals surface area contributed by atoms with E-state index in [0.717, 1.165) is 23.7 Å². The first-order valence-corrected chi connectivity index (χ1v) is 5.62. The van der Waals surface area contributed by atoms with Crippen molar-refractivity contribution in [1.82, 2.24) is 5.32 Å². The van der Waals surface area contributed by atoms with E-state index in [1.165, 1.54) is 5.56 Å². The highest BCUT2D eigenvalue weighted by Gasteiger charge is 2.10. The van der Waals surface area contributed by atoms with Crippen LogP contribution in [0.25, 0.3) is 10.8 Å². The second-order valence-electron chi connectivity index (χ2n) is 3.98. The molecule has 0 aromatic heterocycles. The number of aromatic carboxylic acids is 1. The Hall–Kier alpha value is -1.58. The van der Waals surface area contributed by atoms with E-state index in [1.54, 1.807) is 6.07 Å². The number of halogens is 1. The van der Waals surface area contributed by atoms with Crippen LogP contribution in [0.15, 0.2) is 36.4 Å². The molecule has 0 unspecified atom stereocenters. The van der Waals surface area contributed by atoms with Gasteiger partial charge in [0.1, 0.15) is 0 Å². The first-order chi connectivity index (χ1) is 8.24. The quantitative estimate of drug-likeness (QED) is 0.894. The number of likely N-dealkylation sites (N-methyl/N-ethyl adjacent to an activating group) is 1. The van der Waals surface area contributed by atoms with Gasteiger partial charge in [0.05, 0.1) is 5.56 Å². The van der Waals surface area contributed by atoms with Crippen LogP contribution in [-0.4, -0.2) is 24.7 Å². The van der Waals surface area contributed by atoms with Gasteiger partial charge in [-0.2, -0.15) is 0 Å². The molecule has 2 aromatic carbocycles. The molecule has 0 heterocycles. The lowest BCUT2D eigenvalue weighted by molar-refractivity contribution is 0.0699. The normalized spacial score (nSPS) is 10.1. The van der Waals surface area contributed by atoms with Crippen molar-refractivity contribution in [3.05, 3.63) is 47.5 Å². The SMILES string of the molecule is CNCCc1ccc(C(=O)O)c2ccccc12.Cl. The summed E-state index contributed by atoms with van der Waals surface area (Å²) < 4.78 is 0. The number of benzene rings is 2. The standard InChI is InChI=1S/C14H15NO2.ClH/c1-15-9-8-10-6-7-13(14(16)17)12-5-3-2-4-11(10)12;/h2-7,15H,8-9H2,1H3,(H,16,17);1H. The summed E-state index contributed by atoms with van der Waals surface area (Å²) in [4.78, 5) is 11.1. The number of rotatable bonds is 4.